The average Bonchev–Trinajstić information content (AvgIpc) is 2.70. The SMILES string of the molecule is CC(C)N1C(=O)C2(CCN(Cc3cccc(F)c3O)CC2)C1c1ccccc1. The second-order valence-corrected chi connectivity index (χ2v) is 8.30. The van der Waals surface area contributed by atoms with Crippen LogP contribution >= 0.6 is 0 Å². The molecule has 4 nitrogen and oxygen atoms in total. The Morgan fingerprint density at radius 1 is 1.11 bits per heavy atom. The number of para-hydroxylation sites is 1. The van der Waals surface area contributed by atoms with Crippen LogP contribution in [0.25, 0.3) is 0 Å². The van der Waals surface area contributed by atoms with Crippen molar-refractivity contribution in [3.8, 4) is 5.75 Å². The highest BCUT2D eigenvalue weighted by molar-refractivity contribution is 5.91. The lowest BCUT2D eigenvalue weighted by Crippen LogP contribution is -2.67. The highest BCUT2D eigenvalue weighted by atomic mass is 19.1. The first-order valence-electron chi connectivity index (χ1n) is 10.0. The number of benzene rings is 2. The number of nitrogens with zero attached hydrogens (tertiary/aromatic N) is 2. The van der Waals surface area contributed by atoms with Gasteiger partial charge in [0.15, 0.2) is 11.6 Å². The predicted octanol–water partition coefficient (Wildman–Crippen LogP) is 4.11. The van der Waals surface area contributed by atoms with Crippen LogP contribution in [0.3, 0.4) is 0 Å². The molecule has 1 unspecified atom stereocenters. The van der Waals surface area contributed by atoms with E-state index in [4.69, 9.17) is 0 Å². The van der Waals surface area contributed by atoms with Crippen LogP contribution in [0.2, 0.25) is 0 Å². The Morgan fingerprint density at radius 2 is 1.79 bits per heavy atom. The summed E-state index contributed by atoms with van der Waals surface area (Å²) in [4.78, 5) is 17.4. The van der Waals surface area contributed by atoms with Crippen molar-refractivity contribution in [2.75, 3.05) is 13.1 Å². The van der Waals surface area contributed by atoms with E-state index in [1.807, 2.05) is 23.1 Å². The lowest BCUT2D eigenvalue weighted by atomic mass is 9.61. The molecule has 1 spiro atoms. The molecule has 5 heteroatoms. The Hall–Kier alpha value is -2.40. The van der Waals surface area contributed by atoms with Crippen molar-refractivity contribution in [3.05, 3.63) is 65.5 Å². The number of rotatable bonds is 4. The molecular formula is C23H27FN2O2. The van der Waals surface area contributed by atoms with Gasteiger partial charge < -0.3 is 10.0 Å². The molecule has 0 bridgehead atoms. The van der Waals surface area contributed by atoms with Crippen molar-refractivity contribution in [2.24, 2.45) is 5.41 Å². The maximum absolute atomic E-state index is 13.6. The fraction of sp³-hybridized carbons (Fsp3) is 0.435. The van der Waals surface area contributed by atoms with Gasteiger partial charge in [-0.05, 0) is 51.4 Å². The van der Waals surface area contributed by atoms with Gasteiger partial charge >= 0.3 is 0 Å². The fourth-order valence-electron chi connectivity index (χ4n) is 4.86. The maximum Gasteiger partial charge on any atom is 0.232 e. The summed E-state index contributed by atoms with van der Waals surface area (Å²) in [6.07, 6.45) is 1.56. The molecule has 1 N–H and O–H groups in total. The number of likely N-dealkylation sites (tertiary alicyclic amines) is 2. The highest BCUT2D eigenvalue weighted by Gasteiger charge is 2.61. The van der Waals surface area contributed by atoms with Crippen LogP contribution in [-0.4, -0.2) is 39.9 Å². The zero-order valence-corrected chi connectivity index (χ0v) is 16.4. The lowest BCUT2D eigenvalue weighted by Gasteiger charge is -2.60. The Labute approximate surface area is 165 Å². The Bertz CT molecular complexity index is 860. The van der Waals surface area contributed by atoms with E-state index in [2.05, 4.69) is 30.9 Å². The van der Waals surface area contributed by atoms with E-state index in [0.717, 1.165) is 25.9 Å². The smallest absolute Gasteiger partial charge is 0.232 e. The van der Waals surface area contributed by atoms with Gasteiger partial charge in [0.25, 0.3) is 0 Å². The molecule has 2 aromatic rings. The van der Waals surface area contributed by atoms with Gasteiger partial charge in [-0.25, -0.2) is 4.39 Å². The minimum atomic E-state index is -0.586. The molecule has 2 aromatic carbocycles. The number of aromatic hydroxyl groups is 1. The summed E-state index contributed by atoms with van der Waals surface area (Å²) < 4.78 is 13.6. The van der Waals surface area contributed by atoms with Gasteiger partial charge in [0.05, 0.1) is 11.5 Å². The molecule has 2 fully saturated rings. The molecule has 0 saturated carbocycles. The molecule has 0 aromatic heterocycles. The van der Waals surface area contributed by atoms with Gasteiger partial charge in [-0.3, -0.25) is 9.69 Å². The van der Waals surface area contributed by atoms with Crippen LogP contribution in [0.1, 0.15) is 43.9 Å². The van der Waals surface area contributed by atoms with Crippen LogP contribution in [0.5, 0.6) is 5.75 Å². The number of phenolic OH excluding ortho intramolecular Hbond substituents is 1. The van der Waals surface area contributed by atoms with Crippen LogP contribution < -0.4 is 0 Å². The van der Waals surface area contributed by atoms with Gasteiger partial charge in [0, 0.05) is 18.2 Å². The van der Waals surface area contributed by atoms with Gasteiger partial charge in [0.1, 0.15) is 0 Å². The summed E-state index contributed by atoms with van der Waals surface area (Å²) >= 11 is 0. The third-order valence-electron chi connectivity index (χ3n) is 6.35. The summed E-state index contributed by atoms with van der Waals surface area (Å²) in [7, 11) is 0. The van der Waals surface area contributed by atoms with Gasteiger partial charge in [0.2, 0.25) is 5.91 Å². The number of hydrogen-bond donors (Lipinski definition) is 1. The fourth-order valence-corrected chi connectivity index (χ4v) is 4.86. The van der Waals surface area contributed by atoms with E-state index in [1.54, 1.807) is 12.1 Å². The molecule has 4 rings (SSSR count). The Kier molecular flexibility index (Phi) is 4.88. The van der Waals surface area contributed by atoms with Gasteiger partial charge in [-0.15, -0.1) is 0 Å². The lowest BCUT2D eigenvalue weighted by molar-refractivity contribution is -0.185. The zero-order valence-electron chi connectivity index (χ0n) is 16.4. The van der Waals surface area contributed by atoms with Crippen molar-refractivity contribution >= 4 is 5.91 Å². The molecule has 2 heterocycles. The average molecular weight is 382 g/mol. The zero-order chi connectivity index (χ0) is 19.9. The largest absolute Gasteiger partial charge is 0.505 e. The number of β-lactam (4-membered cyclic amide) rings is 1. The number of phenols is 1. The molecule has 2 aliphatic rings. The topological polar surface area (TPSA) is 43.8 Å². The molecule has 1 atom stereocenters. The van der Waals surface area contributed by atoms with Crippen molar-refractivity contribution in [1.29, 1.82) is 0 Å². The number of piperidine rings is 1. The number of halogens is 1. The third kappa shape index (κ3) is 2.98. The van der Waals surface area contributed by atoms with E-state index in [0.29, 0.717) is 12.1 Å². The van der Waals surface area contributed by atoms with Crippen molar-refractivity contribution in [1.82, 2.24) is 9.80 Å². The summed E-state index contributed by atoms with van der Waals surface area (Å²) in [6, 6.07) is 15.2. The van der Waals surface area contributed by atoms with E-state index in [1.165, 1.54) is 11.6 Å². The van der Waals surface area contributed by atoms with E-state index in [9.17, 15) is 14.3 Å². The Balaban J connectivity index is 1.52. The molecular weight excluding hydrogens is 355 g/mol. The first-order valence-corrected chi connectivity index (χ1v) is 10.0. The summed E-state index contributed by atoms with van der Waals surface area (Å²) in [5.74, 6) is -0.600. The molecule has 0 aliphatic carbocycles. The number of carbonyl (C=O) groups excluding carboxylic acids is 1. The highest BCUT2D eigenvalue weighted by Crippen LogP contribution is 2.56. The molecule has 2 saturated heterocycles. The predicted molar refractivity (Wildman–Crippen MR) is 106 cm³/mol. The molecule has 28 heavy (non-hydrogen) atoms. The van der Waals surface area contributed by atoms with E-state index >= 15 is 0 Å². The third-order valence-corrected chi connectivity index (χ3v) is 6.35. The normalized spacial score (nSPS) is 21.9. The van der Waals surface area contributed by atoms with E-state index < -0.39 is 5.82 Å². The Morgan fingerprint density at radius 3 is 2.43 bits per heavy atom. The van der Waals surface area contributed by atoms with Crippen LogP contribution in [0, 0.1) is 11.2 Å². The van der Waals surface area contributed by atoms with Crippen molar-refractivity contribution in [3.63, 3.8) is 0 Å². The summed E-state index contributed by atoms with van der Waals surface area (Å²) in [5.41, 5.74) is 1.46. The first kappa shape index (κ1) is 18.9. The molecule has 0 radical (unpaired) electrons. The minimum absolute atomic E-state index is 0.117. The first-order chi connectivity index (χ1) is 13.4. The standard InChI is InChI=1S/C23H27FN2O2/c1-16(2)26-21(17-7-4-3-5-8-17)23(22(26)28)11-13-25(14-12-23)15-18-9-6-10-19(24)20(18)27/h3-10,16,21,27H,11-15H2,1-2H3. The molecule has 148 valence electrons. The molecule has 1 amide bonds. The maximum atomic E-state index is 13.6. The quantitative estimate of drug-likeness (QED) is 0.810. The number of hydrogen-bond acceptors (Lipinski definition) is 3. The van der Waals surface area contributed by atoms with E-state index in [-0.39, 0.29) is 29.2 Å². The monoisotopic (exact) mass is 382 g/mol. The van der Waals surface area contributed by atoms with Crippen LogP contribution in [-0.2, 0) is 11.3 Å². The molecule has 2 aliphatic heterocycles. The second kappa shape index (κ2) is 7.21. The minimum Gasteiger partial charge on any atom is -0.505 e. The number of amides is 1. The van der Waals surface area contributed by atoms with Crippen molar-refractivity contribution < 1.29 is 14.3 Å². The van der Waals surface area contributed by atoms with Gasteiger partial charge in [-0.1, -0.05) is 42.5 Å². The van der Waals surface area contributed by atoms with Crippen LogP contribution in [0.4, 0.5) is 4.39 Å². The van der Waals surface area contributed by atoms with Crippen LogP contribution in [0.15, 0.2) is 48.5 Å². The van der Waals surface area contributed by atoms with Crippen molar-refractivity contribution in [2.45, 2.75) is 45.3 Å². The van der Waals surface area contributed by atoms with Gasteiger partial charge in [-0.2, -0.15) is 0 Å². The summed E-state index contributed by atoms with van der Waals surface area (Å²) in [6.45, 7) is 6.16. The summed E-state index contributed by atoms with van der Waals surface area (Å²) in [5, 5.41) is 9.95. The number of carbonyl (C=O) groups is 1. The second-order valence-electron chi connectivity index (χ2n) is 8.30.